The van der Waals surface area contributed by atoms with E-state index in [4.69, 9.17) is 0 Å². The van der Waals surface area contributed by atoms with Gasteiger partial charge in [0.1, 0.15) is 0 Å². The standard InChI is InChI=1S/C12H20S/c1-3-7-11(8-4-1)13-12-9-5-2-6-10-12/h7,12H,1-6,8-10H2. The van der Waals surface area contributed by atoms with Crippen LogP contribution in [-0.2, 0) is 0 Å². The van der Waals surface area contributed by atoms with Crippen LogP contribution in [0.2, 0.25) is 0 Å². The molecule has 13 heavy (non-hydrogen) atoms. The zero-order valence-corrected chi connectivity index (χ0v) is 9.24. The number of allylic oxidation sites excluding steroid dienone is 2. The van der Waals surface area contributed by atoms with Crippen LogP contribution < -0.4 is 0 Å². The maximum Gasteiger partial charge on any atom is 0.00910 e. The average Bonchev–Trinajstić information content (AvgIpc) is 2.21. The molecule has 0 unspecified atom stereocenters. The number of thioether (sulfide) groups is 1. The molecule has 2 aliphatic carbocycles. The first kappa shape index (κ1) is 9.64. The van der Waals surface area contributed by atoms with Gasteiger partial charge in [-0.1, -0.05) is 25.3 Å². The molecule has 0 saturated heterocycles. The first-order valence-corrected chi connectivity index (χ1v) is 6.69. The molecule has 0 spiro atoms. The summed E-state index contributed by atoms with van der Waals surface area (Å²) in [6.07, 6.45) is 15.5. The molecule has 0 N–H and O–H groups in total. The van der Waals surface area contributed by atoms with Gasteiger partial charge in [-0.05, 0) is 43.4 Å². The quantitative estimate of drug-likeness (QED) is 0.626. The van der Waals surface area contributed by atoms with E-state index in [1.165, 1.54) is 57.8 Å². The molecule has 2 rings (SSSR count). The van der Waals surface area contributed by atoms with E-state index >= 15 is 0 Å². The van der Waals surface area contributed by atoms with Crippen molar-refractivity contribution in [3.63, 3.8) is 0 Å². The molecule has 2 aliphatic rings. The van der Waals surface area contributed by atoms with Gasteiger partial charge in [0.25, 0.3) is 0 Å². The van der Waals surface area contributed by atoms with Crippen molar-refractivity contribution in [2.24, 2.45) is 0 Å². The van der Waals surface area contributed by atoms with E-state index in [-0.39, 0.29) is 0 Å². The molecule has 0 heterocycles. The van der Waals surface area contributed by atoms with Crippen molar-refractivity contribution >= 4 is 11.8 Å². The van der Waals surface area contributed by atoms with Crippen molar-refractivity contribution < 1.29 is 0 Å². The Morgan fingerprint density at radius 3 is 2.54 bits per heavy atom. The fourth-order valence-electron chi connectivity index (χ4n) is 2.31. The van der Waals surface area contributed by atoms with Gasteiger partial charge in [0.2, 0.25) is 0 Å². The minimum atomic E-state index is 0.970. The first-order valence-electron chi connectivity index (χ1n) is 5.81. The van der Waals surface area contributed by atoms with Crippen molar-refractivity contribution in [3.05, 3.63) is 11.0 Å². The Bertz CT molecular complexity index is 178. The largest absolute Gasteiger partial charge is 0.128 e. The highest BCUT2D eigenvalue weighted by Crippen LogP contribution is 2.36. The molecule has 1 fully saturated rings. The van der Waals surface area contributed by atoms with Gasteiger partial charge in [0.15, 0.2) is 0 Å². The molecule has 0 nitrogen and oxygen atoms in total. The summed E-state index contributed by atoms with van der Waals surface area (Å²) < 4.78 is 0. The van der Waals surface area contributed by atoms with Crippen molar-refractivity contribution in [3.8, 4) is 0 Å². The van der Waals surface area contributed by atoms with Crippen LogP contribution in [-0.4, -0.2) is 5.25 Å². The molecular formula is C12H20S. The third-order valence-electron chi connectivity index (χ3n) is 3.12. The van der Waals surface area contributed by atoms with Crippen molar-refractivity contribution in [1.82, 2.24) is 0 Å². The van der Waals surface area contributed by atoms with Gasteiger partial charge in [-0.15, -0.1) is 11.8 Å². The Balaban J connectivity index is 1.78. The molecule has 0 aromatic carbocycles. The van der Waals surface area contributed by atoms with Crippen LogP contribution in [0.1, 0.15) is 57.8 Å². The van der Waals surface area contributed by atoms with Gasteiger partial charge < -0.3 is 0 Å². The van der Waals surface area contributed by atoms with E-state index in [1.807, 2.05) is 0 Å². The van der Waals surface area contributed by atoms with Gasteiger partial charge in [0, 0.05) is 5.25 Å². The summed E-state index contributed by atoms with van der Waals surface area (Å²) >= 11 is 2.20. The SMILES string of the molecule is C1=C(SC2CCCCC2)CCCC1. The maximum atomic E-state index is 2.49. The molecular weight excluding hydrogens is 176 g/mol. The Labute approximate surface area is 86.2 Å². The second-order valence-electron chi connectivity index (χ2n) is 4.29. The van der Waals surface area contributed by atoms with Crippen molar-refractivity contribution in [2.75, 3.05) is 0 Å². The average molecular weight is 196 g/mol. The van der Waals surface area contributed by atoms with Crippen LogP contribution in [0.15, 0.2) is 11.0 Å². The summed E-state index contributed by atoms with van der Waals surface area (Å²) in [7, 11) is 0. The lowest BCUT2D eigenvalue weighted by Gasteiger charge is -2.23. The van der Waals surface area contributed by atoms with Crippen LogP contribution in [0.5, 0.6) is 0 Å². The molecule has 74 valence electrons. The maximum absolute atomic E-state index is 2.49. The second kappa shape index (κ2) is 5.09. The summed E-state index contributed by atoms with van der Waals surface area (Å²) in [5.74, 6) is 0. The highest BCUT2D eigenvalue weighted by molar-refractivity contribution is 8.03. The van der Waals surface area contributed by atoms with Crippen LogP contribution in [0.3, 0.4) is 0 Å². The van der Waals surface area contributed by atoms with Gasteiger partial charge in [-0.3, -0.25) is 0 Å². The van der Waals surface area contributed by atoms with Crippen LogP contribution in [0, 0.1) is 0 Å². The van der Waals surface area contributed by atoms with Crippen LogP contribution in [0.25, 0.3) is 0 Å². The van der Waals surface area contributed by atoms with Crippen molar-refractivity contribution in [2.45, 2.75) is 63.0 Å². The normalized spacial score (nSPS) is 25.7. The van der Waals surface area contributed by atoms with Crippen LogP contribution in [0.4, 0.5) is 0 Å². The van der Waals surface area contributed by atoms with Crippen molar-refractivity contribution in [1.29, 1.82) is 0 Å². The molecule has 0 radical (unpaired) electrons. The zero-order valence-electron chi connectivity index (χ0n) is 8.43. The predicted molar refractivity (Wildman–Crippen MR) is 61.0 cm³/mol. The Hall–Kier alpha value is 0.0900. The topological polar surface area (TPSA) is 0 Å². The highest BCUT2D eigenvalue weighted by atomic mass is 32.2. The fraction of sp³-hybridized carbons (Fsp3) is 0.833. The summed E-state index contributed by atoms with van der Waals surface area (Å²) in [6, 6.07) is 0. The van der Waals surface area contributed by atoms with E-state index in [0.717, 1.165) is 5.25 Å². The molecule has 0 bridgehead atoms. The zero-order chi connectivity index (χ0) is 8.93. The Morgan fingerprint density at radius 1 is 1.00 bits per heavy atom. The van der Waals surface area contributed by atoms with E-state index in [0.29, 0.717) is 0 Å². The number of rotatable bonds is 2. The number of hydrogen-bond acceptors (Lipinski definition) is 1. The fourth-order valence-corrected chi connectivity index (χ4v) is 3.79. The van der Waals surface area contributed by atoms with E-state index in [9.17, 15) is 0 Å². The molecule has 0 aliphatic heterocycles. The lowest BCUT2D eigenvalue weighted by molar-refractivity contribution is 0.516. The highest BCUT2D eigenvalue weighted by Gasteiger charge is 2.16. The van der Waals surface area contributed by atoms with E-state index in [2.05, 4.69) is 17.8 Å². The monoisotopic (exact) mass is 196 g/mol. The lowest BCUT2D eigenvalue weighted by Crippen LogP contribution is -2.08. The second-order valence-corrected chi connectivity index (χ2v) is 5.72. The first-order chi connectivity index (χ1) is 6.45. The molecule has 1 saturated carbocycles. The molecule has 0 aromatic rings. The molecule has 0 aromatic heterocycles. The summed E-state index contributed by atoms with van der Waals surface area (Å²) in [4.78, 5) is 1.71. The van der Waals surface area contributed by atoms with Gasteiger partial charge in [0.05, 0.1) is 0 Å². The number of hydrogen-bond donors (Lipinski definition) is 0. The third-order valence-corrected chi connectivity index (χ3v) is 4.60. The smallest absolute Gasteiger partial charge is 0.00910 e. The van der Waals surface area contributed by atoms with E-state index in [1.54, 1.807) is 4.91 Å². The summed E-state index contributed by atoms with van der Waals surface area (Å²) in [6.45, 7) is 0. The minimum Gasteiger partial charge on any atom is -0.128 e. The minimum absolute atomic E-state index is 0.970. The van der Waals surface area contributed by atoms with Crippen LogP contribution >= 0.6 is 11.8 Å². The summed E-state index contributed by atoms with van der Waals surface area (Å²) in [5.41, 5.74) is 0. The predicted octanol–water partition coefficient (Wildman–Crippen LogP) is 4.51. The summed E-state index contributed by atoms with van der Waals surface area (Å²) in [5, 5.41) is 0.970. The molecule has 0 amide bonds. The Morgan fingerprint density at radius 2 is 1.85 bits per heavy atom. The third kappa shape index (κ3) is 3.05. The van der Waals surface area contributed by atoms with E-state index < -0.39 is 0 Å². The lowest BCUT2D eigenvalue weighted by atomic mass is 10.0. The molecule has 0 atom stereocenters. The molecule has 1 heteroatoms. The van der Waals surface area contributed by atoms with Gasteiger partial charge in [-0.25, -0.2) is 0 Å². The Kier molecular flexibility index (Phi) is 3.77. The van der Waals surface area contributed by atoms with Gasteiger partial charge in [-0.2, -0.15) is 0 Å². The van der Waals surface area contributed by atoms with Gasteiger partial charge >= 0.3 is 0 Å².